The fraction of sp³-hybridized carbons (Fsp3) is 0.261. The van der Waals surface area contributed by atoms with E-state index in [1.807, 2.05) is 47.1 Å². The average molecular weight is 417 g/mol. The topological polar surface area (TPSA) is 93.2 Å². The Morgan fingerprint density at radius 3 is 2.55 bits per heavy atom. The summed E-state index contributed by atoms with van der Waals surface area (Å²) in [6, 6.07) is 15.3. The van der Waals surface area contributed by atoms with E-state index < -0.39 is 5.82 Å². The van der Waals surface area contributed by atoms with Gasteiger partial charge in [-0.2, -0.15) is 0 Å². The van der Waals surface area contributed by atoms with E-state index in [4.69, 9.17) is 10.8 Å². The van der Waals surface area contributed by atoms with Crippen molar-refractivity contribution in [1.82, 2.24) is 19.6 Å². The lowest BCUT2D eigenvalue weighted by Gasteiger charge is -2.27. The summed E-state index contributed by atoms with van der Waals surface area (Å²) in [6.07, 6.45) is 7.56. The Morgan fingerprint density at radius 1 is 0.968 bits per heavy atom. The lowest BCUT2D eigenvalue weighted by atomic mass is 9.92. The summed E-state index contributed by atoms with van der Waals surface area (Å²) in [4.78, 5) is 8.50. The summed E-state index contributed by atoms with van der Waals surface area (Å²) in [5, 5.41) is 11.3. The van der Waals surface area contributed by atoms with E-state index in [9.17, 15) is 4.39 Å². The Morgan fingerprint density at radius 2 is 1.77 bits per heavy atom. The summed E-state index contributed by atoms with van der Waals surface area (Å²) in [6.45, 7) is 0. The van der Waals surface area contributed by atoms with Gasteiger partial charge in [-0.3, -0.25) is 0 Å². The number of aromatic nitrogens is 4. The molecule has 0 amide bonds. The summed E-state index contributed by atoms with van der Waals surface area (Å²) in [5.74, 6) is 0.639. The number of pyridine rings is 1. The van der Waals surface area contributed by atoms with Crippen LogP contribution >= 0.6 is 0 Å². The molecule has 1 aliphatic rings. The van der Waals surface area contributed by atoms with Gasteiger partial charge in [0.05, 0.1) is 11.9 Å². The van der Waals surface area contributed by atoms with Crippen LogP contribution in [-0.4, -0.2) is 31.7 Å². The molecule has 1 fully saturated rings. The predicted molar refractivity (Wildman–Crippen MR) is 120 cm³/mol. The van der Waals surface area contributed by atoms with Crippen LogP contribution in [0.1, 0.15) is 25.7 Å². The second-order valence-corrected chi connectivity index (χ2v) is 7.92. The van der Waals surface area contributed by atoms with Gasteiger partial charge < -0.3 is 16.4 Å². The Hall–Kier alpha value is -3.52. The molecule has 158 valence electrons. The molecule has 4 N–H and O–H groups in total. The molecular weight excluding hydrogens is 393 g/mol. The molecule has 7 nitrogen and oxygen atoms in total. The Kier molecular flexibility index (Phi) is 5.21. The first-order valence-electron chi connectivity index (χ1n) is 10.5. The molecule has 1 aromatic carbocycles. The standard InChI is InChI=1S/C23H24FN7/c24-19-2-1-13-26-23(19)29-18-7-3-15(4-8-18)20-14-27-22-12-11-21(30-31(20)22)28-17-9-5-16(25)6-10-17/h1-4,7-8,11-14,16-17H,5-6,9-10,25H2,(H,26,29)(H,28,30)/t16-,17-. The monoisotopic (exact) mass is 417 g/mol. The fourth-order valence-corrected chi connectivity index (χ4v) is 3.96. The summed E-state index contributed by atoms with van der Waals surface area (Å²) in [7, 11) is 0. The minimum absolute atomic E-state index is 0.200. The second-order valence-electron chi connectivity index (χ2n) is 7.92. The first-order valence-corrected chi connectivity index (χ1v) is 10.5. The summed E-state index contributed by atoms with van der Waals surface area (Å²) >= 11 is 0. The molecule has 8 heteroatoms. The van der Waals surface area contributed by atoms with E-state index in [0.29, 0.717) is 12.1 Å². The molecule has 0 saturated heterocycles. The molecule has 3 aromatic heterocycles. The molecule has 1 aliphatic carbocycles. The number of nitrogens with two attached hydrogens (primary N) is 1. The van der Waals surface area contributed by atoms with Crippen molar-refractivity contribution in [3.8, 4) is 11.3 Å². The molecule has 0 aliphatic heterocycles. The summed E-state index contributed by atoms with van der Waals surface area (Å²) in [5.41, 5.74) is 9.40. The van der Waals surface area contributed by atoms with Crippen molar-refractivity contribution < 1.29 is 4.39 Å². The molecule has 0 atom stereocenters. The van der Waals surface area contributed by atoms with E-state index in [-0.39, 0.29) is 5.82 Å². The first-order chi connectivity index (χ1) is 15.2. The van der Waals surface area contributed by atoms with Crippen molar-refractivity contribution in [1.29, 1.82) is 0 Å². The number of halogens is 1. The van der Waals surface area contributed by atoms with Crippen LogP contribution in [0.25, 0.3) is 16.9 Å². The van der Waals surface area contributed by atoms with E-state index in [0.717, 1.165) is 54.1 Å². The quantitative estimate of drug-likeness (QED) is 0.447. The Bertz CT molecular complexity index is 1180. The van der Waals surface area contributed by atoms with Crippen molar-refractivity contribution in [2.75, 3.05) is 10.6 Å². The van der Waals surface area contributed by atoms with E-state index in [1.54, 1.807) is 12.3 Å². The van der Waals surface area contributed by atoms with Crippen LogP contribution in [0.4, 0.5) is 21.7 Å². The van der Waals surface area contributed by atoms with Gasteiger partial charge in [0.15, 0.2) is 17.3 Å². The molecule has 0 radical (unpaired) electrons. The number of hydrogen-bond donors (Lipinski definition) is 3. The van der Waals surface area contributed by atoms with Crippen LogP contribution in [0, 0.1) is 5.82 Å². The number of nitrogens with zero attached hydrogens (tertiary/aromatic N) is 4. The normalized spacial score (nSPS) is 18.8. The highest BCUT2D eigenvalue weighted by Gasteiger charge is 2.19. The first kappa shape index (κ1) is 19.4. The number of hydrogen-bond acceptors (Lipinski definition) is 6. The van der Waals surface area contributed by atoms with Crippen molar-refractivity contribution in [3.63, 3.8) is 0 Å². The van der Waals surface area contributed by atoms with Crippen LogP contribution in [0.15, 0.2) is 60.9 Å². The number of benzene rings is 1. The third kappa shape index (κ3) is 4.20. The van der Waals surface area contributed by atoms with Gasteiger partial charge in [0.1, 0.15) is 5.82 Å². The van der Waals surface area contributed by atoms with Crippen LogP contribution in [0.3, 0.4) is 0 Å². The Balaban J connectivity index is 1.36. The largest absolute Gasteiger partial charge is 0.366 e. The van der Waals surface area contributed by atoms with Gasteiger partial charge in [0, 0.05) is 29.5 Å². The molecule has 0 unspecified atom stereocenters. The van der Waals surface area contributed by atoms with Crippen molar-refractivity contribution >= 4 is 23.0 Å². The minimum Gasteiger partial charge on any atom is -0.366 e. The van der Waals surface area contributed by atoms with Crippen molar-refractivity contribution in [3.05, 3.63) is 66.7 Å². The van der Waals surface area contributed by atoms with Crippen LogP contribution in [0.5, 0.6) is 0 Å². The maximum Gasteiger partial charge on any atom is 0.166 e. The smallest absolute Gasteiger partial charge is 0.166 e. The lowest BCUT2D eigenvalue weighted by Crippen LogP contribution is -2.33. The number of fused-ring (bicyclic) bond motifs is 1. The molecule has 5 rings (SSSR count). The van der Waals surface area contributed by atoms with Crippen molar-refractivity contribution in [2.24, 2.45) is 5.73 Å². The molecular formula is C23H24FN7. The van der Waals surface area contributed by atoms with Gasteiger partial charge in [-0.1, -0.05) is 12.1 Å². The SMILES string of the molecule is N[C@H]1CC[C@H](Nc2ccc3ncc(-c4ccc(Nc5ncccc5F)cc4)n3n2)CC1. The third-order valence-electron chi connectivity index (χ3n) is 5.69. The summed E-state index contributed by atoms with van der Waals surface area (Å²) < 4.78 is 15.7. The van der Waals surface area contributed by atoms with Crippen LogP contribution < -0.4 is 16.4 Å². The maximum atomic E-state index is 13.8. The van der Waals surface area contributed by atoms with Crippen LogP contribution in [0.2, 0.25) is 0 Å². The zero-order chi connectivity index (χ0) is 21.2. The van der Waals surface area contributed by atoms with Crippen molar-refractivity contribution in [2.45, 2.75) is 37.8 Å². The number of nitrogens with one attached hydrogen (secondary N) is 2. The minimum atomic E-state index is -0.391. The van der Waals surface area contributed by atoms with Gasteiger partial charge in [-0.15, -0.1) is 5.10 Å². The molecule has 3 heterocycles. The molecule has 31 heavy (non-hydrogen) atoms. The van der Waals surface area contributed by atoms with Gasteiger partial charge >= 0.3 is 0 Å². The lowest BCUT2D eigenvalue weighted by molar-refractivity contribution is 0.410. The van der Waals surface area contributed by atoms with Gasteiger partial charge in [0.2, 0.25) is 0 Å². The molecule has 4 aromatic rings. The molecule has 1 saturated carbocycles. The highest BCUT2D eigenvalue weighted by molar-refractivity contribution is 5.67. The van der Waals surface area contributed by atoms with E-state index in [1.165, 1.54) is 6.07 Å². The zero-order valence-electron chi connectivity index (χ0n) is 17.0. The fourth-order valence-electron chi connectivity index (χ4n) is 3.96. The van der Waals surface area contributed by atoms with Gasteiger partial charge in [0.25, 0.3) is 0 Å². The maximum absolute atomic E-state index is 13.8. The number of imidazole rings is 1. The highest BCUT2D eigenvalue weighted by atomic mass is 19.1. The van der Waals surface area contributed by atoms with Gasteiger partial charge in [-0.05, 0) is 62.1 Å². The average Bonchev–Trinajstić information content (AvgIpc) is 3.21. The molecule has 0 spiro atoms. The second kappa shape index (κ2) is 8.31. The number of anilines is 3. The third-order valence-corrected chi connectivity index (χ3v) is 5.69. The van der Waals surface area contributed by atoms with E-state index >= 15 is 0 Å². The number of rotatable bonds is 5. The highest BCUT2D eigenvalue weighted by Crippen LogP contribution is 2.25. The zero-order valence-corrected chi connectivity index (χ0v) is 17.0. The van der Waals surface area contributed by atoms with Gasteiger partial charge in [-0.25, -0.2) is 18.9 Å². The predicted octanol–water partition coefficient (Wildman–Crippen LogP) is 4.36. The molecule has 0 bridgehead atoms. The Labute approximate surface area is 179 Å². The van der Waals surface area contributed by atoms with E-state index in [2.05, 4.69) is 20.6 Å². The van der Waals surface area contributed by atoms with Crippen LogP contribution in [-0.2, 0) is 0 Å².